The number of rotatable bonds is 1. The highest BCUT2D eigenvalue weighted by molar-refractivity contribution is 7.22. The molecule has 0 unspecified atom stereocenters. The van der Waals surface area contributed by atoms with Crippen LogP contribution in [0.15, 0.2) is 54.6 Å². The van der Waals surface area contributed by atoms with Crippen molar-refractivity contribution in [2.24, 2.45) is 0 Å². The lowest BCUT2D eigenvalue weighted by Crippen LogP contribution is -1.69. The quantitative estimate of drug-likeness (QED) is 0.566. The first kappa shape index (κ1) is 9.55. The third-order valence-electron chi connectivity index (χ3n) is 2.54. The van der Waals surface area contributed by atoms with E-state index >= 15 is 0 Å². The predicted molar refractivity (Wildman–Crippen MR) is 67.2 cm³/mol. The maximum atomic E-state index is 13.1. The summed E-state index contributed by atoms with van der Waals surface area (Å²) in [7, 11) is 0. The lowest BCUT2D eigenvalue weighted by atomic mass is 10.1. The maximum absolute atomic E-state index is 13.1. The summed E-state index contributed by atoms with van der Waals surface area (Å²) in [5.41, 5.74) is 1.18. The molecule has 0 amide bonds. The highest BCUT2D eigenvalue weighted by atomic mass is 32.1. The molecule has 0 aliphatic heterocycles. The van der Waals surface area contributed by atoms with Gasteiger partial charge in [-0.3, -0.25) is 0 Å². The molecule has 0 saturated carbocycles. The number of benzene rings is 2. The normalized spacial score (nSPS) is 10.8. The number of hydrogen-bond acceptors (Lipinski definition) is 1. The fourth-order valence-corrected chi connectivity index (χ4v) is 2.81. The summed E-state index contributed by atoms with van der Waals surface area (Å²) in [5, 5.41) is 0.976. The van der Waals surface area contributed by atoms with Gasteiger partial charge in [0.15, 0.2) is 0 Å². The van der Waals surface area contributed by atoms with Gasteiger partial charge in [-0.2, -0.15) is 0 Å². The van der Waals surface area contributed by atoms with Gasteiger partial charge in [-0.1, -0.05) is 30.3 Å². The van der Waals surface area contributed by atoms with Gasteiger partial charge in [0.2, 0.25) is 0 Å². The van der Waals surface area contributed by atoms with Gasteiger partial charge in [-0.25, -0.2) is 4.39 Å². The SMILES string of the molecule is Fc1ccc2sc(-c3ccccc3)cc2c1. The summed E-state index contributed by atoms with van der Waals surface area (Å²) in [6.07, 6.45) is 0. The van der Waals surface area contributed by atoms with Crippen LogP contribution in [0.1, 0.15) is 0 Å². The Labute approximate surface area is 97.0 Å². The van der Waals surface area contributed by atoms with Crippen molar-refractivity contribution in [1.82, 2.24) is 0 Å². The van der Waals surface area contributed by atoms with Gasteiger partial charge in [-0.05, 0) is 35.2 Å². The van der Waals surface area contributed by atoms with E-state index in [9.17, 15) is 4.39 Å². The van der Waals surface area contributed by atoms with Crippen molar-refractivity contribution in [1.29, 1.82) is 0 Å². The van der Waals surface area contributed by atoms with Gasteiger partial charge in [0.05, 0.1) is 0 Å². The van der Waals surface area contributed by atoms with Gasteiger partial charge in [0, 0.05) is 9.58 Å². The molecule has 0 radical (unpaired) electrons. The highest BCUT2D eigenvalue weighted by Gasteiger charge is 2.04. The molecule has 0 aliphatic rings. The lowest BCUT2D eigenvalue weighted by Gasteiger charge is -1.93. The second-order valence-corrected chi connectivity index (χ2v) is 4.74. The van der Waals surface area contributed by atoms with Crippen molar-refractivity contribution < 1.29 is 4.39 Å². The molecule has 1 heterocycles. The standard InChI is InChI=1S/C14H9FS/c15-12-6-7-13-11(8-12)9-14(16-13)10-4-2-1-3-5-10/h1-9H. The van der Waals surface area contributed by atoms with E-state index in [4.69, 9.17) is 0 Å². The molecular formula is C14H9FS. The molecule has 3 aromatic rings. The van der Waals surface area contributed by atoms with Crippen LogP contribution in [0.2, 0.25) is 0 Å². The van der Waals surface area contributed by atoms with Crippen LogP contribution in [0.4, 0.5) is 4.39 Å². The molecule has 0 N–H and O–H groups in total. The summed E-state index contributed by atoms with van der Waals surface area (Å²) in [6.45, 7) is 0. The van der Waals surface area contributed by atoms with E-state index in [-0.39, 0.29) is 5.82 Å². The minimum absolute atomic E-state index is 0.176. The van der Waals surface area contributed by atoms with Crippen molar-refractivity contribution in [3.63, 3.8) is 0 Å². The molecular weight excluding hydrogens is 219 g/mol. The van der Waals surface area contributed by atoms with E-state index in [1.807, 2.05) is 30.3 Å². The topological polar surface area (TPSA) is 0 Å². The van der Waals surface area contributed by atoms with Crippen LogP contribution in [-0.4, -0.2) is 0 Å². The third kappa shape index (κ3) is 1.61. The van der Waals surface area contributed by atoms with Crippen LogP contribution in [0, 0.1) is 5.82 Å². The fraction of sp³-hybridized carbons (Fsp3) is 0. The Kier molecular flexibility index (Phi) is 2.22. The van der Waals surface area contributed by atoms with Crippen LogP contribution >= 0.6 is 11.3 Å². The molecule has 0 atom stereocenters. The number of thiophene rings is 1. The third-order valence-corrected chi connectivity index (χ3v) is 3.70. The first-order valence-corrected chi connectivity index (χ1v) is 5.89. The average molecular weight is 228 g/mol. The van der Waals surface area contributed by atoms with Gasteiger partial charge < -0.3 is 0 Å². The Bertz CT molecular complexity index is 626. The summed E-state index contributed by atoms with van der Waals surface area (Å²) in [4.78, 5) is 1.18. The maximum Gasteiger partial charge on any atom is 0.123 e. The smallest absolute Gasteiger partial charge is 0.123 e. The van der Waals surface area contributed by atoms with Crippen molar-refractivity contribution in [2.45, 2.75) is 0 Å². The first-order valence-electron chi connectivity index (χ1n) is 5.07. The zero-order valence-corrected chi connectivity index (χ0v) is 9.30. The van der Waals surface area contributed by atoms with Crippen molar-refractivity contribution in [3.05, 3.63) is 60.4 Å². The molecule has 2 heteroatoms. The first-order chi connectivity index (χ1) is 7.83. The number of hydrogen-bond donors (Lipinski definition) is 0. The molecule has 0 nitrogen and oxygen atoms in total. The monoisotopic (exact) mass is 228 g/mol. The Morgan fingerprint density at radius 1 is 0.875 bits per heavy atom. The molecule has 78 valence electrons. The van der Waals surface area contributed by atoms with E-state index in [0.717, 1.165) is 10.1 Å². The summed E-state index contributed by atoms with van der Waals surface area (Å²) >= 11 is 1.69. The van der Waals surface area contributed by atoms with Gasteiger partial charge in [-0.15, -0.1) is 11.3 Å². The fourth-order valence-electron chi connectivity index (χ4n) is 1.76. The Balaban J connectivity index is 2.19. The second kappa shape index (κ2) is 3.72. The molecule has 1 aromatic heterocycles. The summed E-state index contributed by atoms with van der Waals surface area (Å²) < 4.78 is 14.2. The van der Waals surface area contributed by atoms with E-state index in [2.05, 4.69) is 12.1 Å². The van der Waals surface area contributed by atoms with E-state index < -0.39 is 0 Å². The van der Waals surface area contributed by atoms with Crippen LogP contribution in [-0.2, 0) is 0 Å². The van der Waals surface area contributed by atoms with Crippen LogP contribution in [0.5, 0.6) is 0 Å². The Morgan fingerprint density at radius 2 is 1.69 bits per heavy atom. The van der Waals surface area contributed by atoms with Crippen molar-refractivity contribution in [3.8, 4) is 10.4 Å². The minimum Gasteiger partial charge on any atom is -0.207 e. The molecule has 0 saturated heterocycles. The molecule has 0 aliphatic carbocycles. The molecule has 0 fully saturated rings. The molecule has 16 heavy (non-hydrogen) atoms. The highest BCUT2D eigenvalue weighted by Crippen LogP contribution is 2.33. The molecule has 0 bridgehead atoms. The largest absolute Gasteiger partial charge is 0.207 e. The average Bonchev–Trinajstić information content (AvgIpc) is 2.73. The second-order valence-electron chi connectivity index (χ2n) is 3.66. The van der Waals surface area contributed by atoms with Gasteiger partial charge in [0.1, 0.15) is 5.82 Å². The lowest BCUT2D eigenvalue weighted by molar-refractivity contribution is 0.630. The van der Waals surface area contributed by atoms with Gasteiger partial charge >= 0.3 is 0 Å². The van der Waals surface area contributed by atoms with Crippen molar-refractivity contribution >= 4 is 21.4 Å². The van der Waals surface area contributed by atoms with Gasteiger partial charge in [0.25, 0.3) is 0 Å². The van der Waals surface area contributed by atoms with E-state index in [1.165, 1.54) is 16.5 Å². The summed E-state index contributed by atoms with van der Waals surface area (Å²) in [6, 6.07) is 17.1. The van der Waals surface area contributed by atoms with Crippen molar-refractivity contribution in [2.75, 3.05) is 0 Å². The van der Waals surface area contributed by atoms with E-state index in [0.29, 0.717) is 0 Å². The zero-order valence-electron chi connectivity index (χ0n) is 8.48. The Hall–Kier alpha value is -1.67. The van der Waals surface area contributed by atoms with Crippen LogP contribution < -0.4 is 0 Å². The molecule has 0 spiro atoms. The van der Waals surface area contributed by atoms with Crippen LogP contribution in [0.25, 0.3) is 20.5 Å². The Morgan fingerprint density at radius 3 is 2.50 bits per heavy atom. The molecule has 3 rings (SSSR count). The predicted octanol–water partition coefficient (Wildman–Crippen LogP) is 4.71. The zero-order chi connectivity index (χ0) is 11.0. The van der Waals surface area contributed by atoms with E-state index in [1.54, 1.807) is 17.4 Å². The molecule has 2 aromatic carbocycles. The van der Waals surface area contributed by atoms with Crippen LogP contribution in [0.3, 0.4) is 0 Å². The minimum atomic E-state index is -0.176. The number of halogens is 1. The summed E-state index contributed by atoms with van der Waals surface area (Å²) in [5.74, 6) is -0.176. The number of fused-ring (bicyclic) bond motifs is 1.